The summed E-state index contributed by atoms with van der Waals surface area (Å²) in [4.78, 5) is 23.4. The Kier molecular flexibility index (Phi) is 5.65. The summed E-state index contributed by atoms with van der Waals surface area (Å²) in [6.07, 6.45) is -0.123. The van der Waals surface area contributed by atoms with E-state index >= 15 is 0 Å². The molecule has 24 heavy (non-hydrogen) atoms. The van der Waals surface area contributed by atoms with Crippen LogP contribution in [0.25, 0.3) is 0 Å². The highest BCUT2D eigenvalue weighted by Gasteiger charge is 2.14. The van der Waals surface area contributed by atoms with E-state index in [0.717, 1.165) is 11.6 Å². The lowest BCUT2D eigenvalue weighted by Crippen LogP contribution is -2.15. The molecule has 0 aliphatic heterocycles. The largest absolute Gasteiger partial charge is 0.377 e. The second-order valence-electron chi connectivity index (χ2n) is 5.33. The number of carbonyl (C=O) groups excluding carboxylic acids is 2. The van der Waals surface area contributed by atoms with Gasteiger partial charge in [0.05, 0.1) is 11.7 Å². The van der Waals surface area contributed by atoms with Crippen molar-refractivity contribution in [1.29, 1.82) is 0 Å². The van der Waals surface area contributed by atoms with E-state index in [4.69, 9.17) is 4.74 Å². The summed E-state index contributed by atoms with van der Waals surface area (Å²) in [5.74, 6) is -1.56. The van der Waals surface area contributed by atoms with E-state index in [9.17, 15) is 14.0 Å². The number of anilines is 2. The Morgan fingerprint density at radius 3 is 2.46 bits per heavy atom. The van der Waals surface area contributed by atoms with Crippen molar-refractivity contribution in [3.63, 3.8) is 0 Å². The second-order valence-corrected chi connectivity index (χ2v) is 5.33. The van der Waals surface area contributed by atoms with Gasteiger partial charge in [0.25, 0.3) is 5.91 Å². The Balaban J connectivity index is 2.22. The summed E-state index contributed by atoms with van der Waals surface area (Å²) in [5.41, 5.74) is 1.63. The van der Waals surface area contributed by atoms with Crippen LogP contribution in [0.2, 0.25) is 0 Å². The van der Waals surface area contributed by atoms with Crippen LogP contribution < -0.4 is 10.6 Å². The standard InChI is InChI=1S/C18H19FN2O3/c1-11(24-3)13-5-4-6-14(9-13)21-18(23)16-10-15(20-12(2)22)7-8-17(16)19/h4-11H,1-3H3,(H,20,22)(H,21,23)/t11-/m0/s1. The van der Waals surface area contributed by atoms with E-state index in [1.165, 1.54) is 19.1 Å². The zero-order valence-electron chi connectivity index (χ0n) is 13.7. The summed E-state index contributed by atoms with van der Waals surface area (Å²) in [5, 5.41) is 5.17. The van der Waals surface area contributed by atoms with Gasteiger partial charge in [-0.05, 0) is 42.8 Å². The molecule has 0 aromatic heterocycles. The molecule has 0 aliphatic carbocycles. The minimum atomic E-state index is -0.664. The fourth-order valence-electron chi connectivity index (χ4n) is 2.18. The Bertz CT molecular complexity index is 762. The third kappa shape index (κ3) is 4.39. The SMILES string of the molecule is CO[C@@H](C)c1cccc(NC(=O)c2cc(NC(C)=O)ccc2F)c1. The number of hydrogen-bond donors (Lipinski definition) is 2. The molecule has 0 bridgehead atoms. The monoisotopic (exact) mass is 330 g/mol. The van der Waals surface area contributed by atoms with Gasteiger partial charge in [-0.2, -0.15) is 0 Å². The molecule has 0 unspecified atom stereocenters. The smallest absolute Gasteiger partial charge is 0.258 e. The Morgan fingerprint density at radius 1 is 1.08 bits per heavy atom. The fourth-order valence-corrected chi connectivity index (χ4v) is 2.18. The molecular formula is C18H19FN2O3. The zero-order valence-corrected chi connectivity index (χ0v) is 13.7. The second kappa shape index (κ2) is 7.70. The molecular weight excluding hydrogens is 311 g/mol. The Hall–Kier alpha value is -2.73. The number of hydrogen-bond acceptors (Lipinski definition) is 3. The first-order valence-corrected chi connectivity index (χ1v) is 7.42. The van der Waals surface area contributed by atoms with E-state index in [1.54, 1.807) is 25.3 Å². The maximum atomic E-state index is 13.9. The van der Waals surface area contributed by atoms with Crippen molar-refractivity contribution >= 4 is 23.2 Å². The molecule has 2 N–H and O–H groups in total. The normalized spacial score (nSPS) is 11.7. The average Bonchev–Trinajstić information content (AvgIpc) is 2.55. The minimum Gasteiger partial charge on any atom is -0.377 e. The van der Waals surface area contributed by atoms with Crippen molar-refractivity contribution < 1.29 is 18.7 Å². The number of halogens is 1. The van der Waals surface area contributed by atoms with Gasteiger partial charge in [-0.1, -0.05) is 12.1 Å². The summed E-state index contributed by atoms with van der Waals surface area (Å²) >= 11 is 0. The molecule has 0 spiro atoms. The molecule has 0 saturated carbocycles. The highest BCUT2D eigenvalue weighted by atomic mass is 19.1. The van der Waals surface area contributed by atoms with Crippen LogP contribution in [0, 0.1) is 5.82 Å². The Labute approximate surface area is 139 Å². The first-order valence-electron chi connectivity index (χ1n) is 7.42. The lowest BCUT2D eigenvalue weighted by atomic mass is 10.1. The van der Waals surface area contributed by atoms with E-state index in [-0.39, 0.29) is 17.6 Å². The third-order valence-electron chi connectivity index (χ3n) is 3.50. The van der Waals surface area contributed by atoms with Gasteiger partial charge in [0, 0.05) is 25.4 Å². The highest BCUT2D eigenvalue weighted by Crippen LogP contribution is 2.21. The topological polar surface area (TPSA) is 67.4 Å². The van der Waals surface area contributed by atoms with Gasteiger partial charge in [-0.25, -0.2) is 4.39 Å². The molecule has 1 atom stereocenters. The van der Waals surface area contributed by atoms with Gasteiger partial charge in [0.2, 0.25) is 5.91 Å². The fraction of sp³-hybridized carbons (Fsp3) is 0.222. The van der Waals surface area contributed by atoms with Crippen LogP contribution in [0.1, 0.15) is 35.9 Å². The van der Waals surface area contributed by atoms with E-state index in [0.29, 0.717) is 11.4 Å². The quantitative estimate of drug-likeness (QED) is 0.877. The van der Waals surface area contributed by atoms with Gasteiger partial charge < -0.3 is 15.4 Å². The molecule has 126 valence electrons. The van der Waals surface area contributed by atoms with Gasteiger partial charge in [-0.15, -0.1) is 0 Å². The number of rotatable bonds is 5. The number of amides is 2. The van der Waals surface area contributed by atoms with Crippen molar-refractivity contribution in [1.82, 2.24) is 0 Å². The van der Waals surface area contributed by atoms with Crippen molar-refractivity contribution in [2.45, 2.75) is 20.0 Å². The van der Waals surface area contributed by atoms with Crippen LogP contribution in [0.3, 0.4) is 0 Å². The van der Waals surface area contributed by atoms with Gasteiger partial charge in [0.1, 0.15) is 5.82 Å². The van der Waals surface area contributed by atoms with E-state index < -0.39 is 11.7 Å². The molecule has 0 fully saturated rings. The average molecular weight is 330 g/mol. The summed E-state index contributed by atoms with van der Waals surface area (Å²) in [7, 11) is 1.60. The number of nitrogens with one attached hydrogen (secondary N) is 2. The first-order chi connectivity index (χ1) is 11.4. The molecule has 5 nitrogen and oxygen atoms in total. The molecule has 0 saturated heterocycles. The zero-order chi connectivity index (χ0) is 17.7. The van der Waals surface area contributed by atoms with Crippen LogP contribution in [-0.4, -0.2) is 18.9 Å². The predicted molar refractivity (Wildman–Crippen MR) is 90.5 cm³/mol. The van der Waals surface area contributed by atoms with Crippen molar-refractivity contribution in [3.05, 3.63) is 59.4 Å². The number of ether oxygens (including phenoxy) is 1. The highest BCUT2D eigenvalue weighted by molar-refractivity contribution is 6.05. The molecule has 0 heterocycles. The minimum absolute atomic E-state index is 0.123. The van der Waals surface area contributed by atoms with E-state index in [2.05, 4.69) is 10.6 Å². The summed E-state index contributed by atoms with van der Waals surface area (Å²) in [6.45, 7) is 3.23. The Morgan fingerprint density at radius 2 is 1.79 bits per heavy atom. The molecule has 2 rings (SSSR count). The molecule has 2 aromatic carbocycles. The molecule has 6 heteroatoms. The van der Waals surface area contributed by atoms with Crippen LogP contribution in [0.15, 0.2) is 42.5 Å². The third-order valence-corrected chi connectivity index (χ3v) is 3.50. The molecule has 0 aliphatic rings. The predicted octanol–water partition coefficient (Wildman–Crippen LogP) is 3.74. The van der Waals surface area contributed by atoms with Crippen LogP contribution in [0.5, 0.6) is 0 Å². The van der Waals surface area contributed by atoms with Crippen molar-refractivity contribution in [2.75, 3.05) is 17.7 Å². The summed E-state index contributed by atoms with van der Waals surface area (Å²) in [6, 6.07) is 11.0. The molecule has 0 radical (unpaired) electrons. The van der Waals surface area contributed by atoms with Crippen LogP contribution >= 0.6 is 0 Å². The molecule has 2 amide bonds. The van der Waals surface area contributed by atoms with Crippen LogP contribution in [0.4, 0.5) is 15.8 Å². The number of methoxy groups -OCH3 is 1. The lowest BCUT2D eigenvalue weighted by molar-refractivity contribution is -0.114. The van der Waals surface area contributed by atoms with E-state index in [1.807, 2.05) is 13.0 Å². The van der Waals surface area contributed by atoms with Crippen LogP contribution in [-0.2, 0) is 9.53 Å². The maximum absolute atomic E-state index is 13.9. The van der Waals surface area contributed by atoms with Gasteiger partial charge >= 0.3 is 0 Å². The lowest BCUT2D eigenvalue weighted by Gasteiger charge is -2.12. The van der Waals surface area contributed by atoms with Crippen molar-refractivity contribution in [2.24, 2.45) is 0 Å². The van der Waals surface area contributed by atoms with Gasteiger partial charge in [-0.3, -0.25) is 9.59 Å². The molecule has 2 aromatic rings. The maximum Gasteiger partial charge on any atom is 0.258 e. The van der Waals surface area contributed by atoms with Gasteiger partial charge in [0.15, 0.2) is 0 Å². The first kappa shape index (κ1) is 17.6. The summed E-state index contributed by atoms with van der Waals surface area (Å²) < 4.78 is 19.2. The number of carbonyl (C=O) groups is 2. The van der Waals surface area contributed by atoms with Crippen molar-refractivity contribution in [3.8, 4) is 0 Å². The number of benzene rings is 2.